The zero-order chi connectivity index (χ0) is 24.9. The molecule has 9 nitrogen and oxygen atoms in total. The van der Waals surface area contributed by atoms with Gasteiger partial charge in [-0.1, -0.05) is 48.5 Å². The first-order valence-corrected chi connectivity index (χ1v) is 11.5. The van der Waals surface area contributed by atoms with E-state index in [9.17, 15) is 9.59 Å². The number of rotatable bonds is 9. The largest absolute Gasteiger partial charge is 0.459 e. The minimum Gasteiger partial charge on any atom is -0.459 e. The zero-order valence-corrected chi connectivity index (χ0v) is 19.7. The van der Waals surface area contributed by atoms with Crippen LogP contribution in [-0.4, -0.2) is 44.5 Å². The lowest BCUT2D eigenvalue weighted by Gasteiger charge is -2.17. The number of carbonyl (C=O) groups excluding carboxylic acids is 2. The molecule has 0 unspecified atom stereocenters. The summed E-state index contributed by atoms with van der Waals surface area (Å²) in [4.78, 5) is 37.6. The number of ether oxygens (including phenoxy) is 2. The van der Waals surface area contributed by atoms with Crippen molar-refractivity contribution in [2.24, 2.45) is 0 Å². The molecule has 3 heterocycles. The number of nitrogens with zero attached hydrogens (tertiary/aromatic N) is 3. The molecule has 5 rings (SSSR count). The number of pyridine rings is 1. The molecule has 36 heavy (non-hydrogen) atoms. The predicted octanol–water partition coefficient (Wildman–Crippen LogP) is 3.60. The first kappa shape index (κ1) is 23.3. The highest BCUT2D eigenvalue weighted by Crippen LogP contribution is 2.29. The molecule has 0 radical (unpaired) electrons. The van der Waals surface area contributed by atoms with Crippen molar-refractivity contribution in [3.8, 4) is 0 Å². The van der Waals surface area contributed by atoms with Crippen molar-refractivity contribution in [2.75, 3.05) is 7.11 Å². The second kappa shape index (κ2) is 10.4. The van der Waals surface area contributed by atoms with Crippen LogP contribution < -0.4 is 5.32 Å². The number of aromatic amines is 1. The number of para-hydroxylation sites is 1. The molecule has 1 atom stereocenters. The summed E-state index contributed by atoms with van der Waals surface area (Å²) >= 11 is 0. The summed E-state index contributed by atoms with van der Waals surface area (Å²) in [5, 5.41) is 4.66. The quantitative estimate of drug-likeness (QED) is 0.310. The van der Waals surface area contributed by atoms with Crippen LogP contribution in [0, 0.1) is 0 Å². The number of imidazole rings is 1. The lowest BCUT2D eigenvalue weighted by molar-refractivity contribution is -0.147. The van der Waals surface area contributed by atoms with Crippen LogP contribution >= 0.6 is 0 Å². The Kier molecular flexibility index (Phi) is 6.72. The maximum atomic E-state index is 13.2. The monoisotopic (exact) mass is 483 g/mol. The minimum atomic E-state index is -0.922. The Morgan fingerprint density at radius 1 is 1.03 bits per heavy atom. The molecule has 5 aromatic rings. The maximum Gasteiger partial charge on any atom is 0.329 e. The molecule has 2 N–H and O–H groups in total. The Balaban J connectivity index is 1.40. The standard InChI is InChI=1S/C27H25N5O4/c1-35-17-32-24-10-6-5-9-20(24)21-12-22(29-14-25(21)32)26(33)31-23(11-19-13-28-16-30-19)27(34)36-15-18-7-3-2-4-8-18/h2-10,12-14,16,23H,11,15,17H2,1H3,(H,28,30)(H,31,33)/t23-/m0/s1. The molecule has 3 aromatic heterocycles. The molecule has 0 bridgehead atoms. The molecular weight excluding hydrogens is 458 g/mol. The Bertz CT molecular complexity index is 1500. The number of nitrogens with one attached hydrogen (secondary N) is 2. The van der Waals surface area contributed by atoms with Gasteiger partial charge in [-0.3, -0.25) is 4.79 Å². The molecule has 0 spiro atoms. The number of methoxy groups -OCH3 is 1. The average molecular weight is 484 g/mol. The number of H-pyrrole nitrogens is 1. The van der Waals surface area contributed by atoms with E-state index in [4.69, 9.17) is 9.47 Å². The van der Waals surface area contributed by atoms with Crippen LogP contribution in [0.4, 0.5) is 0 Å². The van der Waals surface area contributed by atoms with E-state index in [-0.39, 0.29) is 18.7 Å². The van der Waals surface area contributed by atoms with Gasteiger partial charge in [0.2, 0.25) is 0 Å². The lowest BCUT2D eigenvalue weighted by Crippen LogP contribution is -2.43. The lowest BCUT2D eigenvalue weighted by atomic mass is 10.1. The summed E-state index contributed by atoms with van der Waals surface area (Å²) in [6.07, 6.45) is 4.99. The van der Waals surface area contributed by atoms with Crippen molar-refractivity contribution in [3.05, 3.63) is 96.3 Å². The van der Waals surface area contributed by atoms with Crippen molar-refractivity contribution in [1.29, 1.82) is 0 Å². The van der Waals surface area contributed by atoms with Gasteiger partial charge in [-0.25, -0.2) is 14.8 Å². The highest BCUT2D eigenvalue weighted by Gasteiger charge is 2.25. The van der Waals surface area contributed by atoms with Gasteiger partial charge in [-0.15, -0.1) is 0 Å². The van der Waals surface area contributed by atoms with E-state index in [1.54, 1.807) is 25.6 Å². The van der Waals surface area contributed by atoms with E-state index in [0.717, 1.165) is 27.4 Å². The van der Waals surface area contributed by atoms with Crippen molar-refractivity contribution in [3.63, 3.8) is 0 Å². The van der Waals surface area contributed by atoms with Crippen LogP contribution in [0.2, 0.25) is 0 Å². The van der Waals surface area contributed by atoms with Crippen LogP contribution in [0.5, 0.6) is 0 Å². The van der Waals surface area contributed by atoms with Gasteiger partial charge in [-0.05, 0) is 17.7 Å². The average Bonchev–Trinajstić information content (AvgIpc) is 3.54. The fraction of sp³-hybridized carbons (Fsp3) is 0.185. The molecule has 182 valence electrons. The number of benzene rings is 2. The van der Waals surface area contributed by atoms with Crippen LogP contribution in [0.15, 0.2) is 79.4 Å². The van der Waals surface area contributed by atoms with Gasteiger partial charge in [0.1, 0.15) is 25.1 Å². The number of fused-ring (bicyclic) bond motifs is 3. The fourth-order valence-electron chi connectivity index (χ4n) is 4.21. The van der Waals surface area contributed by atoms with Gasteiger partial charge in [-0.2, -0.15) is 0 Å². The predicted molar refractivity (Wildman–Crippen MR) is 134 cm³/mol. The van der Waals surface area contributed by atoms with Crippen molar-refractivity contribution in [1.82, 2.24) is 24.8 Å². The third kappa shape index (κ3) is 4.82. The molecule has 0 aliphatic carbocycles. The van der Waals surface area contributed by atoms with E-state index >= 15 is 0 Å². The third-order valence-electron chi connectivity index (χ3n) is 5.94. The number of amides is 1. The number of carbonyl (C=O) groups is 2. The van der Waals surface area contributed by atoms with Crippen LogP contribution in [-0.2, 0) is 34.0 Å². The Morgan fingerprint density at radius 3 is 2.61 bits per heavy atom. The van der Waals surface area contributed by atoms with Gasteiger partial charge < -0.3 is 24.3 Å². The molecular formula is C27H25N5O4. The summed E-state index contributed by atoms with van der Waals surface area (Å²) < 4.78 is 12.9. The van der Waals surface area contributed by atoms with E-state index in [0.29, 0.717) is 12.4 Å². The molecule has 1 amide bonds. The smallest absolute Gasteiger partial charge is 0.329 e. The minimum absolute atomic E-state index is 0.109. The maximum absolute atomic E-state index is 13.2. The summed E-state index contributed by atoms with van der Waals surface area (Å²) in [5.41, 5.74) is 3.59. The Morgan fingerprint density at radius 2 is 1.83 bits per heavy atom. The van der Waals surface area contributed by atoms with E-state index in [2.05, 4.69) is 20.3 Å². The van der Waals surface area contributed by atoms with Crippen molar-refractivity contribution < 1.29 is 19.1 Å². The first-order valence-electron chi connectivity index (χ1n) is 11.5. The second-order valence-corrected chi connectivity index (χ2v) is 8.35. The van der Waals surface area contributed by atoms with Crippen LogP contribution in [0.1, 0.15) is 21.7 Å². The van der Waals surface area contributed by atoms with Crippen LogP contribution in [0.3, 0.4) is 0 Å². The zero-order valence-electron chi connectivity index (χ0n) is 19.7. The summed E-state index contributed by atoms with van der Waals surface area (Å²) in [6.45, 7) is 0.467. The summed E-state index contributed by atoms with van der Waals surface area (Å²) in [6, 6.07) is 18.1. The molecule has 0 aliphatic heterocycles. The topological polar surface area (TPSA) is 111 Å². The van der Waals surface area contributed by atoms with Gasteiger partial charge in [0, 0.05) is 36.2 Å². The van der Waals surface area contributed by atoms with E-state index in [1.165, 1.54) is 6.33 Å². The summed E-state index contributed by atoms with van der Waals surface area (Å²) in [7, 11) is 1.63. The second-order valence-electron chi connectivity index (χ2n) is 8.35. The Hall–Kier alpha value is -4.50. The highest BCUT2D eigenvalue weighted by molar-refractivity contribution is 6.10. The van der Waals surface area contributed by atoms with Crippen molar-refractivity contribution in [2.45, 2.75) is 25.8 Å². The van der Waals surface area contributed by atoms with Gasteiger partial charge in [0.25, 0.3) is 5.91 Å². The fourth-order valence-corrected chi connectivity index (χ4v) is 4.21. The summed E-state index contributed by atoms with van der Waals surface area (Å²) in [5.74, 6) is -1.01. The van der Waals surface area contributed by atoms with Crippen LogP contribution in [0.25, 0.3) is 21.8 Å². The normalized spacial score (nSPS) is 12.0. The van der Waals surface area contributed by atoms with Crippen molar-refractivity contribution >= 4 is 33.7 Å². The number of hydrogen-bond donors (Lipinski definition) is 2. The van der Waals surface area contributed by atoms with Gasteiger partial charge in [0.15, 0.2) is 0 Å². The van der Waals surface area contributed by atoms with E-state index in [1.807, 2.05) is 59.2 Å². The molecule has 0 fully saturated rings. The number of hydrogen-bond acceptors (Lipinski definition) is 6. The highest BCUT2D eigenvalue weighted by atomic mass is 16.5. The molecule has 0 saturated heterocycles. The molecule has 0 saturated carbocycles. The van der Waals surface area contributed by atoms with Gasteiger partial charge in [0.05, 0.1) is 23.6 Å². The van der Waals surface area contributed by atoms with E-state index < -0.39 is 17.9 Å². The first-order chi connectivity index (χ1) is 17.6. The number of esters is 1. The molecule has 2 aromatic carbocycles. The number of aromatic nitrogens is 4. The SMILES string of the molecule is COCn1c2ccccc2c2cc(C(=O)N[C@@H](Cc3cnc[nH]3)C(=O)OCc3ccccc3)ncc21. The van der Waals surface area contributed by atoms with Gasteiger partial charge >= 0.3 is 5.97 Å². The molecule has 0 aliphatic rings. The third-order valence-corrected chi connectivity index (χ3v) is 5.94. The Labute approximate surface area is 207 Å². The molecule has 9 heteroatoms.